The Kier molecular flexibility index (Phi) is 5.80. The van der Waals surface area contributed by atoms with Crippen molar-refractivity contribution in [3.63, 3.8) is 0 Å². The Hall–Kier alpha value is -1.78. The van der Waals surface area contributed by atoms with Crippen LogP contribution in [0.25, 0.3) is 0 Å². The number of carbonyl (C=O) groups is 2. The summed E-state index contributed by atoms with van der Waals surface area (Å²) in [5.74, 6) is 0.0446. The van der Waals surface area contributed by atoms with Crippen molar-refractivity contribution in [1.82, 2.24) is 5.32 Å². The fourth-order valence-corrected chi connectivity index (χ4v) is 1.92. The van der Waals surface area contributed by atoms with Crippen LogP contribution in [0.5, 0.6) is 0 Å². The molecule has 0 aromatic carbocycles. The van der Waals surface area contributed by atoms with Crippen LogP contribution in [-0.4, -0.2) is 23.0 Å². The second-order valence-corrected chi connectivity index (χ2v) is 5.28. The first-order valence-corrected chi connectivity index (χ1v) is 7.00. The molecule has 0 bridgehead atoms. The molecule has 0 aliphatic heterocycles. The van der Waals surface area contributed by atoms with Gasteiger partial charge < -0.3 is 14.8 Å². The van der Waals surface area contributed by atoms with Crippen molar-refractivity contribution in [3.05, 3.63) is 23.2 Å². The first-order chi connectivity index (χ1) is 9.36. The van der Waals surface area contributed by atoms with Crippen LogP contribution in [0, 0.1) is 6.92 Å². The van der Waals surface area contributed by atoms with Gasteiger partial charge in [-0.1, -0.05) is 33.6 Å². The van der Waals surface area contributed by atoms with Gasteiger partial charge in [-0.2, -0.15) is 0 Å². The number of carbonyl (C=O) groups excluding carboxylic acids is 1. The molecular formula is C15H23NO4. The van der Waals surface area contributed by atoms with Gasteiger partial charge in [0.15, 0.2) is 0 Å². The van der Waals surface area contributed by atoms with E-state index in [2.05, 4.69) is 5.32 Å². The Bertz CT molecular complexity index is 476. The Morgan fingerprint density at radius 3 is 2.50 bits per heavy atom. The van der Waals surface area contributed by atoms with E-state index < -0.39 is 12.0 Å². The van der Waals surface area contributed by atoms with Crippen LogP contribution in [0.3, 0.4) is 0 Å². The Labute approximate surface area is 119 Å². The van der Waals surface area contributed by atoms with Gasteiger partial charge in [0.2, 0.25) is 0 Å². The molecule has 1 aromatic rings. The molecule has 112 valence electrons. The van der Waals surface area contributed by atoms with E-state index in [1.165, 1.54) is 0 Å². The van der Waals surface area contributed by atoms with Gasteiger partial charge in [-0.05, 0) is 19.4 Å². The molecule has 2 N–H and O–H groups in total. The first kappa shape index (κ1) is 16.3. The number of unbranched alkanes of at least 4 members (excludes halogenated alkanes) is 1. The number of aryl methyl sites for hydroxylation is 1. The van der Waals surface area contributed by atoms with Gasteiger partial charge in [0.1, 0.15) is 17.6 Å². The van der Waals surface area contributed by atoms with Crippen LogP contribution in [0.4, 0.5) is 0 Å². The molecule has 0 fully saturated rings. The molecule has 1 heterocycles. The standard InChI is InChI=1S/C15H23NO4/c1-5-6-7-12(15(18)19)16-14(17)11-8-13(9(2)3)20-10(11)4/h8-9,12H,5-7H2,1-4H3,(H,16,17)(H,18,19). The summed E-state index contributed by atoms with van der Waals surface area (Å²) in [6.45, 7) is 7.64. The summed E-state index contributed by atoms with van der Waals surface area (Å²) in [7, 11) is 0. The number of nitrogens with one attached hydrogen (secondary N) is 1. The second kappa shape index (κ2) is 7.12. The van der Waals surface area contributed by atoms with E-state index in [0.29, 0.717) is 17.7 Å². The number of furan rings is 1. The van der Waals surface area contributed by atoms with Crippen LogP contribution >= 0.6 is 0 Å². The summed E-state index contributed by atoms with van der Waals surface area (Å²) in [6, 6.07) is 0.841. The van der Waals surface area contributed by atoms with E-state index >= 15 is 0 Å². The average Bonchev–Trinajstić information content (AvgIpc) is 2.76. The van der Waals surface area contributed by atoms with Crippen molar-refractivity contribution < 1.29 is 19.1 Å². The summed E-state index contributed by atoms with van der Waals surface area (Å²) in [4.78, 5) is 23.3. The van der Waals surface area contributed by atoms with Gasteiger partial charge >= 0.3 is 5.97 Å². The zero-order valence-corrected chi connectivity index (χ0v) is 12.5. The van der Waals surface area contributed by atoms with Crippen LogP contribution in [0.15, 0.2) is 10.5 Å². The molecule has 0 aliphatic rings. The molecule has 1 unspecified atom stereocenters. The quantitative estimate of drug-likeness (QED) is 0.805. The smallest absolute Gasteiger partial charge is 0.326 e. The maximum atomic E-state index is 12.1. The molecule has 20 heavy (non-hydrogen) atoms. The lowest BCUT2D eigenvalue weighted by Gasteiger charge is -2.13. The van der Waals surface area contributed by atoms with Gasteiger partial charge in [-0.3, -0.25) is 4.79 Å². The minimum atomic E-state index is -1.00. The van der Waals surface area contributed by atoms with Crippen molar-refractivity contribution in [2.75, 3.05) is 0 Å². The Morgan fingerprint density at radius 2 is 2.05 bits per heavy atom. The molecule has 1 atom stereocenters. The lowest BCUT2D eigenvalue weighted by molar-refractivity contribution is -0.139. The molecule has 0 saturated carbocycles. The molecule has 0 saturated heterocycles. The monoisotopic (exact) mass is 281 g/mol. The van der Waals surface area contributed by atoms with E-state index in [4.69, 9.17) is 9.52 Å². The summed E-state index contributed by atoms with van der Waals surface area (Å²) < 4.78 is 5.51. The topological polar surface area (TPSA) is 79.5 Å². The highest BCUT2D eigenvalue weighted by molar-refractivity contribution is 5.97. The third kappa shape index (κ3) is 4.11. The Morgan fingerprint density at radius 1 is 1.40 bits per heavy atom. The van der Waals surface area contributed by atoms with Crippen molar-refractivity contribution in [1.29, 1.82) is 0 Å². The van der Waals surface area contributed by atoms with Gasteiger partial charge in [-0.25, -0.2) is 4.79 Å². The molecule has 5 heteroatoms. The zero-order chi connectivity index (χ0) is 15.3. The van der Waals surface area contributed by atoms with Gasteiger partial charge in [-0.15, -0.1) is 0 Å². The Balaban J connectivity index is 2.80. The lowest BCUT2D eigenvalue weighted by atomic mass is 10.1. The first-order valence-electron chi connectivity index (χ1n) is 7.00. The largest absolute Gasteiger partial charge is 0.480 e. The normalized spacial score (nSPS) is 12.4. The molecule has 5 nitrogen and oxygen atoms in total. The number of carboxylic acid groups (broad SMARTS) is 1. The van der Waals surface area contributed by atoms with Crippen LogP contribution < -0.4 is 5.32 Å². The highest BCUT2D eigenvalue weighted by Crippen LogP contribution is 2.21. The minimum Gasteiger partial charge on any atom is -0.480 e. The number of carboxylic acids is 1. The van der Waals surface area contributed by atoms with Crippen molar-refractivity contribution in [2.24, 2.45) is 0 Å². The number of aliphatic carboxylic acids is 1. The summed E-state index contributed by atoms with van der Waals surface area (Å²) in [6.07, 6.45) is 2.09. The van der Waals surface area contributed by atoms with Crippen LogP contribution in [-0.2, 0) is 4.79 Å². The highest BCUT2D eigenvalue weighted by atomic mass is 16.4. The molecular weight excluding hydrogens is 258 g/mol. The molecule has 0 radical (unpaired) electrons. The van der Waals surface area contributed by atoms with E-state index in [1.807, 2.05) is 20.8 Å². The summed E-state index contributed by atoms with van der Waals surface area (Å²) in [5, 5.41) is 11.7. The maximum Gasteiger partial charge on any atom is 0.326 e. The van der Waals surface area contributed by atoms with Crippen molar-refractivity contribution in [2.45, 2.75) is 58.9 Å². The molecule has 1 amide bonds. The summed E-state index contributed by atoms with van der Waals surface area (Å²) in [5.41, 5.74) is 0.413. The van der Waals surface area contributed by atoms with Crippen LogP contribution in [0.1, 0.15) is 67.8 Å². The molecule has 1 aromatic heterocycles. The zero-order valence-electron chi connectivity index (χ0n) is 12.5. The fraction of sp³-hybridized carbons (Fsp3) is 0.600. The van der Waals surface area contributed by atoms with Crippen LogP contribution in [0.2, 0.25) is 0 Å². The number of hydrogen-bond donors (Lipinski definition) is 2. The minimum absolute atomic E-state index is 0.186. The molecule has 1 rings (SSSR count). The van der Waals surface area contributed by atoms with E-state index in [9.17, 15) is 9.59 Å². The average molecular weight is 281 g/mol. The van der Waals surface area contributed by atoms with E-state index in [1.54, 1.807) is 13.0 Å². The summed E-state index contributed by atoms with van der Waals surface area (Å²) >= 11 is 0. The van der Waals surface area contributed by atoms with Crippen molar-refractivity contribution >= 4 is 11.9 Å². The van der Waals surface area contributed by atoms with Gasteiger partial charge in [0.05, 0.1) is 5.56 Å². The van der Waals surface area contributed by atoms with E-state index in [-0.39, 0.29) is 11.8 Å². The number of amides is 1. The predicted octanol–water partition coefficient (Wildman–Crippen LogP) is 3.08. The molecule has 0 aliphatic carbocycles. The number of rotatable bonds is 7. The van der Waals surface area contributed by atoms with Gasteiger partial charge in [0.25, 0.3) is 5.91 Å². The lowest BCUT2D eigenvalue weighted by Crippen LogP contribution is -2.40. The predicted molar refractivity (Wildman–Crippen MR) is 75.9 cm³/mol. The SMILES string of the molecule is CCCCC(NC(=O)c1cc(C(C)C)oc1C)C(=O)O. The highest BCUT2D eigenvalue weighted by Gasteiger charge is 2.23. The fourth-order valence-electron chi connectivity index (χ4n) is 1.92. The van der Waals surface area contributed by atoms with Crippen molar-refractivity contribution in [3.8, 4) is 0 Å². The third-order valence-electron chi connectivity index (χ3n) is 3.20. The number of hydrogen-bond acceptors (Lipinski definition) is 3. The van der Waals surface area contributed by atoms with Gasteiger partial charge in [0, 0.05) is 5.92 Å². The third-order valence-corrected chi connectivity index (χ3v) is 3.20. The molecule has 0 spiro atoms. The van der Waals surface area contributed by atoms with E-state index in [0.717, 1.165) is 18.6 Å². The second-order valence-electron chi connectivity index (χ2n) is 5.28. The maximum absolute atomic E-state index is 12.1.